The van der Waals surface area contributed by atoms with Crippen molar-refractivity contribution >= 4 is 56.4 Å². The van der Waals surface area contributed by atoms with Crippen molar-refractivity contribution in [3.8, 4) is 11.5 Å². The quantitative estimate of drug-likeness (QED) is 0.149. The van der Waals surface area contributed by atoms with Gasteiger partial charge in [-0.05, 0) is 59.3 Å². The third-order valence-electron chi connectivity index (χ3n) is 5.23. The molecule has 1 heterocycles. The summed E-state index contributed by atoms with van der Waals surface area (Å²) >= 11 is 6.70. The van der Waals surface area contributed by atoms with Crippen LogP contribution in [0.15, 0.2) is 70.5 Å². The zero-order valence-corrected chi connectivity index (χ0v) is 21.7. The predicted octanol–water partition coefficient (Wildman–Crippen LogP) is 5.40. The number of para-hydroxylation sites is 1. The number of benzene rings is 3. The Kier molecular flexibility index (Phi) is 7.71. The van der Waals surface area contributed by atoms with E-state index in [0.29, 0.717) is 22.9 Å². The molecule has 38 heavy (non-hydrogen) atoms. The highest BCUT2D eigenvalue weighted by Gasteiger charge is 2.35. The number of methoxy groups -OCH3 is 1. The first kappa shape index (κ1) is 27.1. The number of hydrogen-bond donors (Lipinski definition) is 0. The third kappa shape index (κ3) is 5.64. The van der Waals surface area contributed by atoms with E-state index in [1.54, 1.807) is 0 Å². The summed E-state index contributed by atoms with van der Waals surface area (Å²) in [5.41, 5.74) is 0.114. The van der Waals surface area contributed by atoms with Gasteiger partial charge in [-0.1, -0.05) is 35.9 Å². The Balaban J connectivity index is 1.58. The van der Waals surface area contributed by atoms with E-state index in [1.807, 2.05) is 0 Å². The summed E-state index contributed by atoms with van der Waals surface area (Å²) in [6.45, 7) is -0.152. The van der Waals surface area contributed by atoms with Gasteiger partial charge in [0.15, 0.2) is 16.4 Å². The molecule has 1 saturated heterocycles. The molecule has 196 valence electrons. The monoisotopic (exact) mass is 578 g/mol. The van der Waals surface area contributed by atoms with Crippen molar-refractivity contribution in [1.29, 1.82) is 0 Å². The standard InChI is InChI=1S/C24H16ClFN2O8S2/c1-35-20-10-14(6-9-19(20)36-38(33,34)22-5-3-2-4-18(22)28(31)32)11-21-23(29)27(24(30)37-21)13-15-7-8-16(26)12-17(15)25/h2-12H,13H2,1H3/b21-11-. The summed E-state index contributed by atoms with van der Waals surface area (Å²) in [7, 11) is -3.34. The van der Waals surface area contributed by atoms with Crippen LogP contribution in [0.5, 0.6) is 11.5 Å². The summed E-state index contributed by atoms with van der Waals surface area (Å²) < 4.78 is 49.1. The van der Waals surface area contributed by atoms with Gasteiger partial charge < -0.3 is 8.92 Å². The minimum atomic E-state index is -4.60. The maximum Gasteiger partial charge on any atom is 0.346 e. The van der Waals surface area contributed by atoms with E-state index in [1.165, 1.54) is 55.7 Å². The number of thioether (sulfide) groups is 1. The molecule has 0 aromatic heterocycles. The number of nitro benzene ring substituents is 1. The Morgan fingerprint density at radius 3 is 2.53 bits per heavy atom. The summed E-state index contributed by atoms with van der Waals surface area (Å²) in [5.74, 6) is -1.44. The van der Waals surface area contributed by atoms with Crippen molar-refractivity contribution in [2.45, 2.75) is 11.4 Å². The number of nitrogens with zero attached hydrogens (tertiary/aromatic N) is 2. The molecule has 0 bridgehead atoms. The van der Waals surface area contributed by atoms with Gasteiger partial charge in [0.2, 0.25) is 0 Å². The summed E-state index contributed by atoms with van der Waals surface area (Å²) in [5, 5.41) is 10.8. The molecular formula is C24H16ClFN2O8S2. The van der Waals surface area contributed by atoms with Crippen LogP contribution >= 0.6 is 23.4 Å². The second-order valence-electron chi connectivity index (χ2n) is 7.68. The largest absolute Gasteiger partial charge is 0.493 e. The number of nitro groups is 1. The highest BCUT2D eigenvalue weighted by molar-refractivity contribution is 8.18. The van der Waals surface area contributed by atoms with Gasteiger partial charge >= 0.3 is 10.1 Å². The highest BCUT2D eigenvalue weighted by atomic mass is 35.5. The van der Waals surface area contributed by atoms with Crippen LogP contribution < -0.4 is 8.92 Å². The van der Waals surface area contributed by atoms with Crippen LogP contribution in [0.4, 0.5) is 14.9 Å². The fraction of sp³-hybridized carbons (Fsp3) is 0.0833. The average molecular weight is 579 g/mol. The molecule has 0 unspecified atom stereocenters. The number of halogens is 2. The van der Waals surface area contributed by atoms with Gasteiger partial charge in [-0.3, -0.25) is 24.6 Å². The first-order valence-electron chi connectivity index (χ1n) is 10.6. The Labute approximate surface area is 224 Å². The van der Waals surface area contributed by atoms with Gasteiger partial charge in [-0.25, -0.2) is 4.39 Å². The second kappa shape index (κ2) is 10.8. The average Bonchev–Trinajstić information content (AvgIpc) is 3.13. The van der Waals surface area contributed by atoms with Crippen LogP contribution in [0.2, 0.25) is 5.02 Å². The molecule has 0 radical (unpaired) electrons. The van der Waals surface area contributed by atoms with Crippen LogP contribution in [0.25, 0.3) is 6.08 Å². The van der Waals surface area contributed by atoms with Gasteiger partial charge in [0.05, 0.1) is 23.5 Å². The molecule has 4 rings (SSSR count). The van der Waals surface area contributed by atoms with Crippen LogP contribution in [0.3, 0.4) is 0 Å². The number of ether oxygens (including phenoxy) is 1. The predicted molar refractivity (Wildman–Crippen MR) is 137 cm³/mol. The molecule has 0 atom stereocenters. The summed E-state index contributed by atoms with van der Waals surface area (Å²) in [6.07, 6.45) is 1.40. The fourth-order valence-corrected chi connectivity index (χ4v) is 5.61. The third-order valence-corrected chi connectivity index (χ3v) is 7.78. The minimum Gasteiger partial charge on any atom is -0.493 e. The van der Waals surface area contributed by atoms with E-state index >= 15 is 0 Å². The molecule has 14 heteroatoms. The van der Waals surface area contributed by atoms with Crippen molar-refractivity contribution in [3.63, 3.8) is 0 Å². The molecule has 3 aromatic rings. The van der Waals surface area contributed by atoms with Crippen LogP contribution in [-0.4, -0.2) is 36.5 Å². The smallest absolute Gasteiger partial charge is 0.346 e. The van der Waals surface area contributed by atoms with E-state index in [-0.39, 0.29) is 28.0 Å². The van der Waals surface area contributed by atoms with E-state index in [9.17, 15) is 32.5 Å². The molecule has 0 aliphatic carbocycles. The lowest BCUT2D eigenvalue weighted by molar-refractivity contribution is -0.387. The van der Waals surface area contributed by atoms with Crippen molar-refractivity contribution < 1.29 is 36.2 Å². The van der Waals surface area contributed by atoms with Crippen molar-refractivity contribution in [1.82, 2.24) is 4.90 Å². The molecule has 1 fully saturated rings. The van der Waals surface area contributed by atoms with Gasteiger partial charge in [-0.15, -0.1) is 0 Å². The minimum absolute atomic E-state index is 0.0433. The van der Waals surface area contributed by atoms with Crippen LogP contribution in [-0.2, 0) is 21.5 Å². The Bertz CT molecular complexity index is 1610. The molecule has 1 aliphatic rings. The second-order valence-corrected chi connectivity index (χ2v) is 10.6. The molecule has 1 aliphatic heterocycles. The topological polar surface area (TPSA) is 133 Å². The van der Waals surface area contributed by atoms with E-state index in [2.05, 4.69) is 0 Å². The lowest BCUT2D eigenvalue weighted by Gasteiger charge is -2.13. The number of carbonyl (C=O) groups is 2. The number of rotatable bonds is 8. The van der Waals surface area contributed by atoms with E-state index in [0.717, 1.165) is 23.1 Å². The number of hydrogen-bond acceptors (Lipinski definition) is 9. The SMILES string of the molecule is COc1cc(/C=C2\SC(=O)N(Cc3ccc(F)cc3Cl)C2=O)ccc1OS(=O)(=O)c1ccccc1[N+](=O)[O-]. The number of amides is 2. The van der Waals surface area contributed by atoms with Gasteiger partial charge in [0.1, 0.15) is 5.82 Å². The molecule has 10 nitrogen and oxygen atoms in total. The first-order chi connectivity index (χ1) is 18.0. The van der Waals surface area contributed by atoms with E-state index in [4.69, 9.17) is 20.5 Å². The summed E-state index contributed by atoms with van der Waals surface area (Å²) in [6, 6.07) is 12.4. The zero-order chi connectivity index (χ0) is 27.6. The maximum atomic E-state index is 13.3. The summed E-state index contributed by atoms with van der Waals surface area (Å²) in [4.78, 5) is 36.1. The van der Waals surface area contributed by atoms with Crippen LogP contribution in [0.1, 0.15) is 11.1 Å². The fourth-order valence-electron chi connectivity index (χ4n) is 3.43. The number of imide groups is 1. The normalized spacial score (nSPS) is 14.7. The van der Waals surface area contributed by atoms with E-state index < -0.39 is 42.6 Å². The van der Waals surface area contributed by atoms with Crippen molar-refractivity contribution in [2.75, 3.05) is 7.11 Å². The molecule has 0 N–H and O–H groups in total. The van der Waals surface area contributed by atoms with Gasteiger partial charge in [0, 0.05) is 11.1 Å². The molecule has 0 spiro atoms. The lowest BCUT2D eigenvalue weighted by atomic mass is 10.1. The zero-order valence-electron chi connectivity index (χ0n) is 19.3. The van der Waals surface area contributed by atoms with Gasteiger partial charge in [0.25, 0.3) is 16.8 Å². The molecule has 0 saturated carbocycles. The molecule has 2 amide bonds. The maximum absolute atomic E-state index is 13.3. The Hall–Kier alpha value is -3.94. The first-order valence-corrected chi connectivity index (χ1v) is 13.2. The number of carbonyl (C=O) groups excluding carboxylic acids is 2. The molecule has 3 aromatic carbocycles. The van der Waals surface area contributed by atoms with Crippen molar-refractivity contribution in [2.24, 2.45) is 0 Å². The van der Waals surface area contributed by atoms with Gasteiger partial charge in [-0.2, -0.15) is 8.42 Å². The highest BCUT2D eigenvalue weighted by Crippen LogP contribution is 2.37. The Morgan fingerprint density at radius 1 is 1.11 bits per heavy atom. The molecular weight excluding hydrogens is 563 g/mol. The van der Waals surface area contributed by atoms with Crippen LogP contribution in [0, 0.1) is 15.9 Å². The lowest BCUT2D eigenvalue weighted by Crippen LogP contribution is -2.27. The van der Waals surface area contributed by atoms with Crippen molar-refractivity contribution in [3.05, 3.63) is 97.6 Å². The Morgan fingerprint density at radius 2 is 1.84 bits per heavy atom.